The highest BCUT2D eigenvalue weighted by atomic mass is 31.3. The Bertz CT molecular complexity index is 641. The van der Waals surface area contributed by atoms with E-state index in [1.807, 2.05) is 0 Å². The van der Waals surface area contributed by atoms with E-state index < -0.39 is 42.5 Å². The van der Waals surface area contributed by atoms with E-state index in [1.54, 1.807) is 0 Å². The van der Waals surface area contributed by atoms with Crippen LogP contribution in [-0.4, -0.2) is 40.6 Å². The maximum absolute atomic E-state index is 12.1. The molecule has 170 valence electrons. The third-order valence-electron chi connectivity index (χ3n) is 4.11. The fourth-order valence-electron chi connectivity index (χ4n) is 2.96. The summed E-state index contributed by atoms with van der Waals surface area (Å²) in [5.41, 5.74) is -3.88. The zero-order valence-corrected chi connectivity index (χ0v) is 19.1. The summed E-state index contributed by atoms with van der Waals surface area (Å²) < 4.78 is 63.7. The van der Waals surface area contributed by atoms with Crippen LogP contribution in [0.5, 0.6) is 0 Å². The molecule has 0 aliphatic heterocycles. The lowest BCUT2D eigenvalue weighted by Crippen LogP contribution is -2.55. The predicted molar refractivity (Wildman–Crippen MR) is 94.7 cm³/mol. The van der Waals surface area contributed by atoms with Crippen molar-refractivity contribution in [2.24, 2.45) is 0 Å². The van der Waals surface area contributed by atoms with Crippen molar-refractivity contribution in [2.45, 2.75) is 64.6 Å². The van der Waals surface area contributed by atoms with Crippen molar-refractivity contribution in [2.75, 3.05) is 0 Å². The van der Waals surface area contributed by atoms with Crippen molar-refractivity contribution >= 4 is 31.3 Å². The second-order valence-electron chi connectivity index (χ2n) is 5.67. The molecule has 0 aliphatic carbocycles. The van der Waals surface area contributed by atoms with Gasteiger partial charge in [0.1, 0.15) is 11.2 Å². The van der Waals surface area contributed by atoms with Crippen LogP contribution in [0.1, 0.15) is 53.4 Å². The molecule has 18 heteroatoms. The first kappa shape index (κ1) is 28.5. The van der Waals surface area contributed by atoms with Crippen LogP contribution in [0.3, 0.4) is 0 Å². The third-order valence-corrected chi connectivity index (χ3v) is 8.63. The Hall–Kier alpha value is 0.520. The fraction of sp³-hybridized carbons (Fsp3) is 1.00. The van der Waals surface area contributed by atoms with E-state index in [0.29, 0.717) is 0 Å². The molecule has 0 aliphatic rings. The monoisotopic (exact) mass is 494 g/mol. The van der Waals surface area contributed by atoms with Gasteiger partial charge < -0.3 is 29.4 Å². The third kappa shape index (κ3) is 8.34. The van der Waals surface area contributed by atoms with Gasteiger partial charge in [-0.25, -0.2) is 18.3 Å². The van der Waals surface area contributed by atoms with Gasteiger partial charge in [-0.3, -0.25) is 9.05 Å². The van der Waals surface area contributed by atoms with E-state index in [9.17, 15) is 28.0 Å². The molecule has 0 radical (unpaired) electrons. The number of phosphoric ester groups is 2. The molecule has 0 heterocycles. The van der Waals surface area contributed by atoms with E-state index >= 15 is 0 Å². The summed E-state index contributed by atoms with van der Waals surface area (Å²) in [6.07, 6.45) is -0.737. The second-order valence-corrected chi connectivity index (χ2v) is 11.2. The number of hydrogen-bond acceptors (Lipinski definition) is 8. The number of rotatable bonds is 13. The zero-order chi connectivity index (χ0) is 22.7. The number of phosphoric acid groups is 4. The van der Waals surface area contributed by atoms with Crippen molar-refractivity contribution in [3.63, 3.8) is 0 Å². The topological polar surface area (TPSA) is 227 Å². The average molecular weight is 494 g/mol. The maximum atomic E-state index is 12.1. The second kappa shape index (κ2) is 9.77. The highest BCUT2D eigenvalue weighted by Crippen LogP contribution is 2.66. The smallest absolute Gasteiger partial charge is 0.302 e. The lowest BCUT2D eigenvalue weighted by atomic mass is 9.75. The van der Waals surface area contributed by atoms with Crippen LogP contribution < -0.4 is 0 Å². The molecular weight excluding hydrogens is 468 g/mol. The van der Waals surface area contributed by atoms with E-state index in [-0.39, 0.29) is 25.7 Å². The highest BCUT2D eigenvalue weighted by molar-refractivity contribution is 7.61. The maximum Gasteiger partial charge on any atom is 0.481 e. The molecule has 2 unspecified atom stereocenters. The zero-order valence-electron chi connectivity index (χ0n) is 15.6. The molecule has 0 fully saturated rings. The van der Waals surface area contributed by atoms with Gasteiger partial charge in [-0.05, 0) is 25.7 Å². The largest absolute Gasteiger partial charge is 0.481 e. The Morgan fingerprint density at radius 2 is 0.786 bits per heavy atom. The predicted octanol–water partition coefficient (Wildman–Crippen LogP) is 2.56. The molecule has 0 rings (SSSR count). The summed E-state index contributed by atoms with van der Waals surface area (Å²) in [6.45, 7) is 5.71. The Morgan fingerprint density at radius 1 is 0.571 bits per heavy atom. The van der Waals surface area contributed by atoms with Crippen LogP contribution in [0.15, 0.2) is 0 Å². The number of hydrogen-bond donors (Lipinski definition) is 6. The summed E-state index contributed by atoms with van der Waals surface area (Å²) in [6, 6.07) is 0. The summed E-state index contributed by atoms with van der Waals surface area (Å²) in [7, 11) is -21.7. The SMILES string of the molecule is CCC(CC)(OP(=O)(O)OP(=O)(O)O)C(CC)(CC)OP(=O)(O)OP(=O)(O)O. The van der Waals surface area contributed by atoms with Crippen molar-refractivity contribution in [1.29, 1.82) is 0 Å². The van der Waals surface area contributed by atoms with Crippen LogP contribution in [0.4, 0.5) is 0 Å². The molecule has 0 saturated heterocycles. The fourth-order valence-corrected chi connectivity index (χ4v) is 7.11. The molecule has 0 aromatic rings. The Labute approximate surface area is 161 Å². The minimum atomic E-state index is -5.44. The summed E-state index contributed by atoms with van der Waals surface area (Å²) in [5, 5.41) is 0. The first-order valence-corrected chi connectivity index (χ1v) is 14.0. The van der Waals surface area contributed by atoms with Crippen LogP contribution >= 0.6 is 31.3 Å². The van der Waals surface area contributed by atoms with Gasteiger partial charge in [0.25, 0.3) is 0 Å². The van der Waals surface area contributed by atoms with Crippen molar-refractivity contribution in [3.8, 4) is 0 Å². The van der Waals surface area contributed by atoms with Gasteiger partial charge in [-0.15, -0.1) is 0 Å². The van der Waals surface area contributed by atoms with Crippen molar-refractivity contribution in [1.82, 2.24) is 0 Å². The minimum Gasteiger partial charge on any atom is -0.302 e. The first-order chi connectivity index (χ1) is 12.3. The summed E-state index contributed by atoms with van der Waals surface area (Å²) in [5.74, 6) is 0. The van der Waals surface area contributed by atoms with E-state index in [0.717, 1.165) is 0 Å². The van der Waals surface area contributed by atoms with Gasteiger partial charge in [0.2, 0.25) is 0 Å². The van der Waals surface area contributed by atoms with Crippen LogP contribution in [0.25, 0.3) is 0 Å². The quantitative estimate of drug-likeness (QED) is 0.202. The van der Waals surface area contributed by atoms with Gasteiger partial charge >= 0.3 is 31.3 Å². The van der Waals surface area contributed by atoms with Crippen molar-refractivity contribution in [3.05, 3.63) is 0 Å². The average Bonchev–Trinajstić information content (AvgIpc) is 2.45. The van der Waals surface area contributed by atoms with Gasteiger partial charge in [0.05, 0.1) is 0 Å². The summed E-state index contributed by atoms with van der Waals surface area (Å²) >= 11 is 0. The lowest BCUT2D eigenvalue weighted by Gasteiger charge is -2.48. The molecule has 2 atom stereocenters. The van der Waals surface area contributed by atoms with Gasteiger partial charge in [-0.1, -0.05) is 27.7 Å². The van der Waals surface area contributed by atoms with E-state index in [2.05, 4.69) is 8.62 Å². The molecule has 0 amide bonds. The normalized spacial score (nSPS) is 18.5. The molecule has 0 aromatic carbocycles. The van der Waals surface area contributed by atoms with Gasteiger partial charge in [0.15, 0.2) is 0 Å². The first-order valence-electron chi connectivity index (χ1n) is 7.93. The van der Waals surface area contributed by atoms with E-state index in [4.69, 9.17) is 28.6 Å². The molecule has 0 saturated carbocycles. The minimum absolute atomic E-state index is 0.184. The molecule has 28 heavy (non-hydrogen) atoms. The van der Waals surface area contributed by atoms with Crippen LogP contribution in [-0.2, 0) is 35.9 Å². The molecule has 0 aromatic heterocycles. The molecule has 0 bridgehead atoms. The molecule has 14 nitrogen and oxygen atoms in total. The van der Waals surface area contributed by atoms with Crippen molar-refractivity contribution < 1.29 is 65.3 Å². The Morgan fingerprint density at radius 3 is 0.929 bits per heavy atom. The van der Waals surface area contributed by atoms with Crippen LogP contribution in [0, 0.1) is 0 Å². The Kier molecular flexibility index (Phi) is 9.95. The lowest BCUT2D eigenvalue weighted by molar-refractivity contribution is -0.144. The van der Waals surface area contributed by atoms with Gasteiger partial charge in [0, 0.05) is 0 Å². The molecule has 6 N–H and O–H groups in total. The van der Waals surface area contributed by atoms with E-state index in [1.165, 1.54) is 27.7 Å². The standard InChI is InChI=1S/C10H26O14P4/c1-5-9(6-2,21-27(17,18)23-25(11,12)13)10(7-3,8-4)22-28(19,20)24-26(14,15)16/h5-8H2,1-4H3,(H,17,18)(H,19,20)(H2,11,12,13)(H2,14,15,16). The molecular formula is C10H26O14P4. The summed E-state index contributed by atoms with van der Waals surface area (Å²) in [4.78, 5) is 54.7. The highest BCUT2D eigenvalue weighted by Gasteiger charge is 2.57. The van der Waals surface area contributed by atoms with Gasteiger partial charge in [-0.2, -0.15) is 8.62 Å². The van der Waals surface area contributed by atoms with Crippen LogP contribution in [0.2, 0.25) is 0 Å². The Balaban J connectivity index is 6.25. The molecule has 0 spiro atoms.